The van der Waals surface area contributed by atoms with Crippen LogP contribution in [-0.2, 0) is 16.0 Å². The minimum Gasteiger partial charge on any atom is -0.617 e. The van der Waals surface area contributed by atoms with E-state index in [2.05, 4.69) is 9.97 Å². The third kappa shape index (κ3) is 4.57. The van der Waals surface area contributed by atoms with Crippen molar-refractivity contribution in [3.05, 3.63) is 23.6 Å². The van der Waals surface area contributed by atoms with E-state index in [9.17, 15) is 9.35 Å². The normalized spacial score (nSPS) is 12.0. The summed E-state index contributed by atoms with van der Waals surface area (Å²) in [5.41, 5.74) is 0.762. The number of thiazole rings is 1. The van der Waals surface area contributed by atoms with Crippen molar-refractivity contribution in [2.75, 3.05) is 31.1 Å². The maximum absolute atomic E-state index is 12.1. The van der Waals surface area contributed by atoms with Crippen LogP contribution in [-0.4, -0.2) is 46.6 Å². The van der Waals surface area contributed by atoms with Crippen molar-refractivity contribution in [1.29, 1.82) is 0 Å². The Morgan fingerprint density at radius 2 is 2.26 bits per heavy atom. The van der Waals surface area contributed by atoms with Gasteiger partial charge in [0.15, 0.2) is 5.15 Å². The van der Waals surface area contributed by atoms with Crippen LogP contribution < -0.4 is 9.64 Å². The van der Waals surface area contributed by atoms with Crippen LogP contribution in [0.15, 0.2) is 18.5 Å². The summed E-state index contributed by atoms with van der Waals surface area (Å²) in [4.78, 5) is 21.9. The Labute approximate surface area is 146 Å². The van der Waals surface area contributed by atoms with Gasteiger partial charge >= 0.3 is 0 Å². The van der Waals surface area contributed by atoms with Gasteiger partial charge in [-0.25, -0.2) is 4.98 Å². The number of halogens is 1. The second-order valence-corrected chi connectivity index (χ2v) is 7.60. The SMILES string of the molecule is COc1cncc(-c2nc(Cl)c(N(C)C(=O)CC[S+](C)[O-])s2)c1. The molecule has 0 aliphatic carbocycles. The number of nitrogens with zero attached hydrogens (tertiary/aromatic N) is 3. The molecule has 0 spiro atoms. The van der Waals surface area contributed by atoms with Crippen LogP contribution in [0.2, 0.25) is 5.15 Å². The number of anilines is 1. The lowest BCUT2D eigenvalue weighted by Crippen LogP contribution is -2.27. The van der Waals surface area contributed by atoms with Gasteiger partial charge < -0.3 is 14.2 Å². The lowest BCUT2D eigenvalue weighted by atomic mass is 10.3. The standard InChI is InChI=1S/C14H16ClN3O3S2/c1-18(11(19)4-5-23(3)20)14-12(15)17-13(22-14)9-6-10(21-2)8-16-7-9/h6-8H,4-5H2,1-3H3. The number of hydrogen-bond acceptors (Lipinski definition) is 6. The van der Waals surface area contributed by atoms with Crippen molar-refractivity contribution in [1.82, 2.24) is 9.97 Å². The highest BCUT2D eigenvalue weighted by Crippen LogP contribution is 2.37. The van der Waals surface area contributed by atoms with Crippen molar-refractivity contribution >= 4 is 45.0 Å². The number of carbonyl (C=O) groups excluding carboxylic acids is 1. The molecule has 0 aromatic carbocycles. The van der Waals surface area contributed by atoms with E-state index in [4.69, 9.17) is 16.3 Å². The monoisotopic (exact) mass is 373 g/mol. The molecule has 0 N–H and O–H groups in total. The molecular weight excluding hydrogens is 358 g/mol. The predicted octanol–water partition coefficient (Wildman–Crippen LogP) is 2.60. The second kappa shape index (κ2) is 7.96. The first-order valence-electron chi connectivity index (χ1n) is 6.64. The fourth-order valence-corrected chi connectivity index (χ4v) is 3.54. The summed E-state index contributed by atoms with van der Waals surface area (Å²) in [6, 6.07) is 1.80. The zero-order valence-corrected chi connectivity index (χ0v) is 15.3. The average molecular weight is 374 g/mol. The van der Waals surface area contributed by atoms with E-state index in [1.165, 1.54) is 16.2 Å². The van der Waals surface area contributed by atoms with Gasteiger partial charge in [0.05, 0.1) is 26.0 Å². The van der Waals surface area contributed by atoms with Gasteiger partial charge in [-0.3, -0.25) is 9.78 Å². The summed E-state index contributed by atoms with van der Waals surface area (Å²) < 4.78 is 16.3. The first-order chi connectivity index (χ1) is 10.9. The van der Waals surface area contributed by atoms with E-state index in [-0.39, 0.29) is 17.5 Å². The molecule has 0 aliphatic heterocycles. The van der Waals surface area contributed by atoms with Crippen molar-refractivity contribution < 1.29 is 14.1 Å². The van der Waals surface area contributed by atoms with Gasteiger partial charge in [0.25, 0.3) is 0 Å². The smallest absolute Gasteiger partial charge is 0.232 e. The van der Waals surface area contributed by atoms with Gasteiger partial charge in [0.2, 0.25) is 5.91 Å². The highest BCUT2D eigenvalue weighted by molar-refractivity contribution is 7.90. The Kier molecular flexibility index (Phi) is 6.23. The maximum Gasteiger partial charge on any atom is 0.232 e. The van der Waals surface area contributed by atoms with Crippen molar-refractivity contribution in [2.45, 2.75) is 6.42 Å². The zero-order chi connectivity index (χ0) is 17.0. The topological polar surface area (TPSA) is 78.4 Å². The zero-order valence-electron chi connectivity index (χ0n) is 12.9. The Balaban J connectivity index is 2.21. The Morgan fingerprint density at radius 1 is 1.52 bits per heavy atom. The van der Waals surface area contributed by atoms with E-state index in [1.54, 1.807) is 38.9 Å². The van der Waals surface area contributed by atoms with E-state index in [1.807, 2.05) is 0 Å². The number of carbonyl (C=O) groups is 1. The number of pyridine rings is 1. The minimum absolute atomic E-state index is 0.152. The molecule has 124 valence electrons. The Bertz CT molecular complexity index is 694. The summed E-state index contributed by atoms with van der Waals surface area (Å²) in [5.74, 6) is 0.790. The fourth-order valence-electron chi connectivity index (χ4n) is 1.78. The quantitative estimate of drug-likeness (QED) is 0.727. The molecule has 1 amide bonds. The molecule has 2 rings (SSSR count). The minimum atomic E-state index is -1.01. The highest BCUT2D eigenvalue weighted by atomic mass is 35.5. The first kappa shape index (κ1) is 18.0. The van der Waals surface area contributed by atoms with E-state index in [0.717, 1.165) is 5.56 Å². The number of methoxy groups -OCH3 is 1. The Hall–Kier alpha value is -1.35. The summed E-state index contributed by atoms with van der Waals surface area (Å²) >= 11 is 6.45. The van der Waals surface area contributed by atoms with Crippen LogP contribution in [0, 0.1) is 0 Å². The highest BCUT2D eigenvalue weighted by Gasteiger charge is 2.20. The summed E-state index contributed by atoms with van der Waals surface area (Å²) in [6.07, 6.45) is 5.02. The van der Waals surface area contributed by atoms with Crippen LogP contribution in [0.1, 0.15) is 6.42 Å². The predicted molar refractivity (Wildman–Crippen MR) is 93.9 cm³/mol. The van der Waals surface area contributed by atoms with Crippen LogP contribution in [0.25, 0.3) is 10.6 Å². The molecule has 9 heteroatoms. The van der Waals surface area contributed by atoms with Gasteiger partial charge in [-0.15, -0.1) is 0 Å². The largest absolute Gasteiger partial charge is 0.617 e. The van der Waals surface area contributed by atoms with Crippen LogP contribution in [0.5, 0.6) is 5.75 Å². The van der Waals surface area contributed by atoms with E-state index >= 15 is 0 Å². The molecule has 0 saturated carbocycles. The van der Waals surface area contributed by atoms with Crippen LogP contribution in [0.4, 0.5) is 5.00 Å². The van der Waals surface area contributed by atoms with Crippen molar-refractivity contribution in [2.24, 2.45) is 0 Å². The van der Waals surface area contributed by atoms with Gasteiger partial charge in [0.1, 0.15) is 21.5 Å². The molecule has 1 unspecified atom stereocenters. The Morgan fingerprint density at radius 3 is 2.91 bits per heavy atom. The molecule has 2 aromatic heterocycles. The number of aromatic nitrogens is 2. The molecule has 0 bridgehead atoms. The lowest BCUT2D eigenvalue weighted by molar-refractivity contribution is -0.117. The summed E-state index contributed by atoms with van der Waals surface area (Å²) in [6.45, 7) is 0. The molecule has 0 radical (unpaired) electrons. The molecule has 0 fully saturated rings. The van der Waals surface area contributed by atoms with Gasteiger partial charge in [-0.05, 0) is 6.07 Å². The molecule has 0 aliphatic rings. The molecule has 23 heavy (non-hydrogen) atoms. The molecule has 2 heterocycles. The third-order valence-electron chi connectivity index (χ3n) is 3.05. The molecule has 6 nitrogen and oxygen atoms in total. The fraction of sp³-hybridized carbons (Fsp3) is 0.357. The maximum atomic E-state index is 12.1. The molecule has 2 aromatic rings. The van der Waals surface area contributed by atoms with Gasteiger partial charge in [0, 0.05) is 18.8 Å². The van der Waals surface area contributed by atoms with Gasteiger partial charge in [-0.2, -0.15) is 0 Å². The van der Waals surface area contributed by atoms with Crippen LogP contribution >= 0.6 is 22.9 Å². The number of hydrogen-bond donors (Lipinski definition) is 0. The molecular formula is C14H16ClN3O3S2. The van der Waals surface area contributed by atoms with Crippen molar-refractivity contribution in [3.8, 4) is 16.3 Å². The average Bonchev–Trinajstić information content (AvgIpc) is 2.93. The van der Waals surface area contributed by atoms with E-state index in [0.29, 0.717) is 21.5 Å². The number of rotatable bonds is 6. The lowest BCUT2D eigenvalue weighted by Gasteiger charge is -2.15. The molecule has 0 saturated heterocycles. The van der Waals surface area contributed by atoms with Gasteiger partial charge in [-0.1, -0.05) is 34.1 Å². The third-order valence-corrected chi connectivity index (χ3v) is 5.38. The van der Waals surface area contributed by atoms with Crippen molar-refractivity contribution in [3.63, 3.8) is 0 Å². The second-order valence-electron chi connectivity index (χ2n) is 4.71. The number of ether oxygens (including phenoxy) is 1. The first-order valence-corrected chi connectivity index (χ1v) is 9.57. The summed E-state index contributed by atoms with van der Waals surface area (Å²) in [5, 5.41) is 1.45. The summed E-state index contributed by atoms with van der Waals surface area (Å²) in [7, 11) is 3.19. The number of amides is 1. The van der Waals surface area contributed by atoms with Crippen LogP contribution in [0.3, 0.4) is 0 Å². The van der Waals surface area contributed by atoms with E-state index < -0.39 is 11.2 Å². The molecule has 1 atom stereocenters.